The molecule has 1 aromatic rings. The first-order valence-corrected chi connectivity index (χ1v) is 6.80. The van der Waals surface area contributed by atoms with Crippen molar-refractivity contribution in [3.05, 3.63) is 33.9 Å². The van der Waals surface area contributed by atoms with E-state index in [-0.39, 0.29) is 17.6 Å². The van der Waals surface area contributed by atoms with Crippen LogP contribution in [0.15, 0.2) is 18.2 Å². The Bertz CT molecular complexity index is 530. The lowest BCUT2D eigenvalue weighted by atomic mass is 10.1. The Balaban J connectivity index is 2.17. The Labute approximate surface area is 117 Å². The van der Waals surface area contributed by atoms with Crippen molar-refractivity contribution in [1.82, 2.24) is 5.32 Å². The van der Waals surface area contributed by atoms with Gasteiger partial charge in [-0.25, -0.2) is 0 Å². The van der Waals surface area contributed by atoms with E-state index in [9.17, 15) is 14.9 Å². The average Bonchev–Trinajstić information content (AvgIpc) is 2.83. The van der Waals surface area contributed by atoms with Crippen molar-refractivity contribution in [2.75, 3.05) is 12.4 Å². The summed E-state index contributed by atoms with van der Waals surface area (Å²) in [5.41, 5.74) is 0.648. The number of carbonyl (C=O) groups excluding carboxylic acids is 1. The normalized spacial score (nSPS) is 21.5. The number of nitrogens with one attached hydrogen (secondary N) is 2. The van der Waals surface area contributed by atoms with E-state index in [1.54, 1.807) is 19.2 Å². The van der Waals surface area contributed by atoms with Crippen LogP contribution in [0.2, 0.25) is 0 Å². The molecular formula is C14H19N3O3. The Kier molecular flexibility index (Phi) is 4.22. The predicted octanol–water partition coefficient (Wildman–Crippen LogP) is 2.55. The Morgan fingerprint density at radius 2 is 2.15 bits per heavy atom. The van der Waals surface area contributed by atoms with Crippen molar-refractivity contribution in [1.29, 1.82) is 0 Å². The van der Waals surface area contributed by atoms with Crippen molar-refractivity contribution in [2.24, 2.45) is 5.92 Å². The van der Waals surface area contributed by atoms with Gasteiger partial charge in [-0.15, -0.1) is 0 Å². The molecule has 0 radical (unpaired) electrons. The maximum Gasteiger partial charge on any atom is 0.293 e. The Hall–Kier alpha value is -2.11. The number of amides is 1. The van der Waals surface area contributed by atoms with Crippen LogP contribution in [0.4, 0.5) is 11.4 Å². The first kappa shape index (κ1) is 14.3. The highest BCUT2D eigenvalue weighted by atomic mass is 16.6. The molecule has 0 heterocycles. The number of anilines is 1. The molecule has 108 valence electrons. The lowest BCUT2D eigenvalue weighted by Gasteiger charge is -2.17. The third-order valence-electron chi connectivity index (χ3n) is 3.90. The lowest BCUT2D eigenvalue weighted by molar-refractivity contribution is -0.384. The molecule has 0 aliphatic heterocycles. The third kappa shape index (κ3) is 2.89. The smallest absolute Gasteiger partial charge is 0.293 e. The molecule has 1 aliphatic carbocycles. The van der Waals surface area contributed by atoms with Gasteiger partial charge >= 0.3 is 0 Å². The van der Waals surface area contributed by atoms with Gasteiger partial charge in [-0.3, -0.25) is 14.9 Å². The third-order valence-corrected chi connectivity index (χ3v) is 3.90. The fourth-order valence-corrected chi connectivity index (χ4v) is 2.65. The second kappa shape index (κ2) is 5.90. The number of nitro groups is 1. The summed E-state index contributed by atoms with van der Waals surface area (Å²) in [6.07, 6.45) is 3.21. The molecule has 0 saturated heterocycles. The summed E-state index contributed by atoms with van der Waals surface area (Å²) in [5.74, 6) is 0.222. The van der Waals surface area contributed by atoms with Gasteiger partial charge in [0.1, 0.15) is 5.69 Å². The Morgan fingerprint density at radius 3 is 2.70 bits per heavy atom. The number of hydrogen-bond donors (Lipinski definition) is 2. The summed E-state index contributed by atoms with van der Waals surface area (Å²) < 4.78 is 0. The quantitative estimate of drug-likeness (QED) is 0.654. The molecule has 20 heavy (non-hydrogen) atoms. The minimum atomic E-state index is -0.485. The van der Waals surface area contributed by atoms with Crippen molar-refractivity contribution in [3.63, 3.8) is 0 Å². The predicted molar refractivity (Wildman–Crippen MR) is 76.9 cm³/mol. The summed E-state index contributed by atoms with van der Waals surface area (Å²) in [6.45, 7) is 2.12. The number of carbonyl (C=O) groups is 1. The van der Waals surface area contributed by atoms with Crippen molar-refractivity contribution in [2.45, 2.75) is 32.2 Å². The monoisotopic (exact) mass is 277 g/mol. The average molecular weight is 277 g/mol. The molecule has 1 aliphatic rings. The molecule has 1 aromatic carbocycles. The van der Waals surface area contributed by atoms with Gasteiger partial charge in [-0.2, -0.15) is 0 Å². The van der Waals surface area contributed by atoms with E-state index in [0.717, 1.165) is 19.3 Å². The van der Waals surface area contributed by atoms with Gasteiger partial charge in [0, 0.05) is 24.7 Å². The molecule has 0 bridgehead atoms. The van der Waals surface area contributed by atoms with Crippen LogP contribution in [0.1, 0.15) is 36.5 Å². The van der Waals surface area contributed by atoms with Crippen LogP contribution in [0.25, 0.3) is 0 Å². The van der Waals surface area contributed by atoms with Gasteiger partial charge in [0.15, 0.2) is 0 Å². The second-order valence-electron chi connectivity index (χ2n) is 5.23. The van der Waals surface area contributed by atoms with Gasteiger partial charge in [0.2, 0.25) is 0 Å². The van der Waals surface area contributed by atoms with Crippen LogP contribution in [0, 0.1) is 16.0 Å². The zero-order valence-corrected chi connectivity index (χ0v) is 11.7. The summed E-state index contributed by atoms with van der Waals surface area (Å²) in [6, 6.07) is 4.66. The molecule has 1 fully saturated rings. The minimum Gasteiger partial charge on any atom is -0.383 e. The molecule has 1 saturated carbocycles. The summed E-state index contributed by atoms with van der Waals surface area (Å²) >= 11 is 0. The molecule has 6 heteroatoms. The van der Waals surface area contributed by atoms with E-state index in [1.807, 2.05) is 0 Å². The van der Waals surface area contributed by atoms with Gasteiger partial charge in [0.25, 0.3) is 11.6 Å². The lowest BCUT2D eigenvalue weighted by Crippen LogP contribution is -2.36. The second-order valence-corrected chi connectivity index (χ2v) is 5.23. The molecular weight excluding hydrogens is 258 g/mol. The van der Waals surface area contributed by atoms with Crippen molar-refractivity contribution >= 4 is 17.3 Å². The fourth-order valence-electron chi connectivity index (χ4n) is 2.65. The van der Waals surface area contributed by atoms with Crippen LogP contribution in [-0.4, -0.2) is 23.9 Å². The molecule has 2 rings (SSSR count). The molecule has 0 spiro atoms. The van der Waals surface area contributed by atoms with E-state index < -0.39 is 4.92 Å². The SMILES string of the molecule is CNc1ccc(C(=O)NC2CCCC2C)cc1[N+](=O)[O-]. The molecule has 2 atom stereocenters. The zero-order valence-electron chi connectivity index (χ0n) is 11.7. The first-order chi connectivity index (χ1) is 9.52. The maximum atomic E-state index is 12.2. The van der Waals surface area contributed by atoms with Gasteiger partial charge in [0.05, 0.1) is 4.92 Å². The highest BCUT2D eigenvalue weighted by molar-refractivity contribution is 5.96. The fraction of sp³-hybridized carbons (Fsp3) is 0.500. The van der Waals surface area contributed by atoms with Crippen molar-refractivity contribution in [3.8, 4) is 0 Å². The first-order valence-electron chi connectivity index (χ1n) is 6.80. The summed E-state index contributed by atoms with van der Waals surface area (Å²) in [7, 11) is 1.61. The van der Waals surface area contributed by atoms with Crippen LogP contribution < -0.4 is 10.6 Å². The highest BCUT2D eigenvalue weighted by Gasteiger charge is 2.26. The van der Waals surface area contributed by atoms with Crippen LogP contribution in [0.3, 0.4) is 0 Å². The minimum absolute atomic E-state index is 0.0837. The van der Waals surface area contributed by atoms with E-state index in [0.29, 0.717) is 17.2 Å². The Morgan fingerprint density at radius 1 is 1.40 bits per heavy atom. The molecule has 6 nitrogen and oxygen atoms in total. The summed E-state index contributed by atoms with van der Waals surface area (Å²) in [5, 5.41) is 16.7. The largest absolute Gasteiger partial charge is 0.383 e. The molecule has 2 N–H and O–H groups in total. The van der Waals surface area contributed by atoms with Crippen LogP contribution >= 0.6 is 0 Å². The van der Waals surface area contributed by atoms with E-state index in [2.05, 4.69) is 17.6 Å². The number of rotatable bonds is 4. The van der Waals surface area contributed by atoms with Crippen LogP contribution in [0.5, 0.6) is 0 Å². The van der Waals surface area contributed by atoms with Gasteiger partial charge in [-0.1, -0.05) is 13.3 Å². The standard InChI is InChI=1S/C14H19N3O3/c1-9-4-3-5-11(9)16-14(18)10-6-7-12(15-2)13(8-10)17(19)20/h6-9,11,15H,3-5H2,1-2H3,(H,16,18). The van der Waals surface area contributed by atoms with E-state index in [1.165, 1.54) is 6.07 Å². The van der Waals surface area contributed by atoms with Gasteiger partial charge in [-0.05, 0) is 30.9 Å². The van der Waals surface area contributed by atoms with Crippen molar-refractivity contribution < 1.29 is 9.72 Å². The van der Waals surface area contributed by atoms with Crippen LogP contribution in [-0.2, 0) is 0 Å². The number of benzene rings is 1. The number of hydrogen-bond acceptors (Lipinski definition) is 4. The number of nitro benzene ring substituents is 1. The summed E-state index contributed by atoms with van der Waals surface area (Å²) in [4.78, 5) is 22.7. The van der Waals surface area contributed by atoms with E-state index >= 15 is 0 Å². The molecule has 2 unspecified atom stereocenters. The molecule has 0 aromatic heterocycles. The highest BCUT2D eigenvalue weighted by Crippen LogP contribution is 2.27. The van der Waals surface area contributed by atoms with E-state index in [4.69, 9.17) is 0 Å². The van der Waals surface area contributed by atoms with Gasteiger partial charge < -0.3 is 10.6 Å². The number of nitrogens with zero attached hydrogens (tertiary/aromatic N) is 1. The molecule has 1 amide bonds. The zero-order chi connectivity index (χ0) is 14.7. The topological polar surface area (TPSA) is 84.3 Å². The maximum absolute atomic E-state index is 12.2.